The lowest BCUT2D eigenvalue weighted by molar-refractivity contribution is 0.398. The van der Waals surface area contributed by atoms with Crippen LogP contribution in [0.2, 0.25) is 0 Å². The molecule has 0 radical (unpaired) electrons. The lowest BCUT2D eigenvalue weighted by Crippen LogP contribution is -2.01. The molecule has 4 heterocycles. The SMILES string of the molecule is COc1ccc(Nc2ncc(-c3ccccc3)cc2-c2nc(C)nc3nc[nH]c23)cn1. The monoisotopic (exact) mass is 409 g/mol. The molecule has 0 atom stereocenters. The molecule has 0 aliphatic rings. The number of aromatic nitrogens is 6. The lowest BCUT2D eigenvalue weighted by Gasteiger charge is -2.14. The summed E-state index contributed by atoms with van der Waals surface area (Å²) < 4.78 is 5.15. The number of nitrogens with one attached hydrogen (secondary N) is 2. The summed E-state index contributed by atoms with van der Waals surface area (Å²) in [5, 5.41) is 3.35. The number of imidazole rings is 1. The first-order valence-corrected chi connectivity index (χ1v) is 9.72. The number of H-pyrrole nitrogens is 1. The first-order valence-electron chi connectivity index (χ1n) is 9.72. The number of fused-ring (bicyclic) bond motifs is 1. The van der Waals surface area contributed by atoms with E-state index in [1.807, 2.05) is 37.4 Å². The van der Waals surface area contributed by atoms with E-state index in [4.69, 9.17) is 14.7 Å². The summed E-state index contributed by atoms with van der Waals surface area (Å²) in [6, 6.07) is 15.9. The summed E-state index contributed by atoms with van der Waals surface area (Å²) in [6.07, 6.45) is 5.17. The summed E-state index contributed by atoms with van der Waals surface area (Å²) in [7, 11) is 1.59. The van der Waals surface area contributed by atoms with Crippen LogP contribution in [0.4, 0.5) is 11.5 Å². The van der Waals surface area contributed by atoms with Gasteiger partial charge in [0.25, 0.3) is 0 Å². The summed E-state index contributed by atoms with van der Waals surface area (Å²) in [4.78, 5) is 25.6. The normalized spacial score (nSPS) is 10.9. The molecule has 0 amide bonds. The van der Waals surface area contributed by atoms with Crippen molar-refractivity contribution in [1.82, 2.24) is 29.9 Å². The van der Waals surface area contributed by atoms with E-state index < -0.39 is 0 Å². The van der Waals surface area contributed by atoms with E-state index >= 15 is 0 Å². The zero-order valence-corrected chi connectivity index (χ0v) is 17.0. The van der Waals surface area contributed by atoms with Crippen molar-refractivity contribution in [1.29, 1.82) is 0 Å². The van der Waals surface area contributed by atoms with Crippen molar-refractivity contribution >= 4 is 22.7 Å². The largest absolute Gasteiger partial charge is 0.481 e. The number of benzene rings is 1. The molecule has 4 aromatic heterocycles. The van der Waals surface area contributed by atoms with Gasteiger partial charge in [-0.3, -0.25) is 0 Å². The Labute approximate surface area is 178 Å². The summed E-state index contributed by atoms with van der Waals surface area (Å²) in [5.74, 6) is 1.83. The highest BCUT2D eigenvalue weighted by Gasteiger charge is 2.17. The van der Waals surface area contributed by atoms with E-state index in [1.54, 1.807) is 25.7 Å². The van der Waals surface area contributed by atoms with E-state index in [2.05, 4.69) is 43.5 Å². The number of anilines is 2. The molecule has 8 heteroatoms. The van der Waals surface area contributed by atoms with E-state index in [0.717, 1.165) is 33.6 Å². The Balaban J connectivity index is 1.67. The van der Waals surface area contributed by atoms with Gasteiger partial charge in [0, 0.05) is 23.4 Å². The van der Waals surface area contributed by atoms with Crippen LogP contribution >= 0.6 is 0 Å². The molecule has 0 aliphatic carbocycles. The third-order valence-corrected chi connectivity index (χ3v) is 4.86. The first kappa shape index (κ1) is 18.7. The van der Waals surface area contributed by atoms with Crippen molar-refractivity contribution in [3.05, 3.63) is 73.1 Å². The number of nitrogens with zero attached hydrogens (tertiary/aromatic N) is 5. The quantitative estimate of drug-likeness (QED) is 0.439. The van der Waals surface area contributed by atoms with E-state index in [0.29, 0.717) is 23.2 Å². The fourth-order valence-corrected chi connectivity index (χ4v) is 3.38. The lowest BCUT2D eigenvalue weighted by atomic mass is 10.0. The fraction of sp³-hybridized carbons (Fsp3) is 0.0870. The summed E-state index contributed by atoms with van der Waals surface area (Å²) >= 11 is 0. The average molecular weight is 409 g/mol. The Morgan fingerprint density at radius 1 is 0.903 bits per heavy atom. The molecule has 0 aliphatic heterocycles. The van der Waals surface area contributed by atoms with Crippen LogP contribution < -0.4 is 10.1 Å². The van der Waals surface area contributed by atoms with E-state index in [-0.39, 0.29) is 0 Å². The van der Waals surface area contributed by atoms with Gasteiger partial charge >= 0.3 is 0 Å². The fourth-order valence-electron chi connectivity index (χ4n) is 3.38. The van der Waals surface area contributed by atoms with Gasteiger partial charge in [0.15, 0.2) is 5.65 Å². The van der Waals surface area contributed by atoms with Crippen molar-refractivity contribution in [2.75, 3.05) is 12.4 Å². The van der Waals surface area contributed by atoms with Crippen LogP contribution in [-0.2, 0) is 0 Å². The molecule has 0 saturated carbocycles. The molecule has 5 aromatic rings. The molecule has 0 saturated heterocycles. The second kappa shape index (κ2) is 7.83. The van der Waals surface area contributed by atoms with Crippen molar-refractivity contribution in [3.63, 3.8) is 0 Å². The van der Waals surface area contributed by atoms with Gasteiger partial charge in [-0.2, -0.15) is 0 Å². The van der Waals surface area contributed by atoms with Crippen LogP contribution in [0.25, 0.3) is 33.5 Å². The molecule has 8 nitrogen and oxygen atoms in total. The first-order chi connectivity index (χ1) is 15.2. The number of aromatic amines is 1. The maximum absolute atomic E-state index is 5.15. The predicted octanol–water partition coefficient (Wildman–Crippen LogP) is 4.54. The number of hydrogen-bond acceptors (Lipinski definition) is 7. The smallest absolute Gasteiger partial charge is 0.213 e. The van der Waals surface area contributed by atoms with Crippen molar-refractivity contribution in [2.45, 2.75) is 6.92 Å². The van der Waals surface area contributed by atoms with Crippen LogP contribution in [-0.4, -0.2) is 37.0 Å². The molecule has 5 rings (SSSR count). The number of ether oxygens (including phenoxy) is 1. The molecular formula is C23H19N7O. The maximum Gasteiger partial charge on any atom is 0.213 e. The molecule has 1 aromatic carbocycles. The second-order valence-electron chi connectivity index (χ2n) is 6.92. The van der Waals surface area contributed by atoms with Crippen molar-refractivity contribution in [2.24, 2.45) is 0 Å². The molecule has 2 N–H and O–H groups in total. The minimum absolute atomic E-state index is 0.545. The zero-order valence-electron chi connectivity index (χ0n) is 17.0. The highest BCUT2D eigenvalue weighted by molar-refractivity contribution is 5.93. The van der Waals surface area contributed by atoms with Crippen LogP contribution in [0.3, 0.4) is 0 Å². The third kappa shape index (κ3) is 3.66. The molecule has 0 unspecified atom stereocenters. The summed E-state index contributed by atoms with van der Waals surface area (Å²) in [5.41, 5.74) is 5.77. The minimum atomic E-state index is 0.545. The minimum Gasteiger partial charge on any atom is -0.481 e. The Bertz CT molecular complexity index is 1350. The number of aryl methyl sites for hydroxylation is 1. The third-order valence-electron chi connectivity index (χ3n) is 4.86. The molecule has 31 heavy (non-hydrogen) atoms. The number of hydrogen-bond donors (Lipinski definition) is 2. The highest BCUT2D eigenvalue weighted by Crippen LogP contribution is 2.34. The van der Waals surface area contributed by atoms with Gasteiger partial charge in [-0.25, -0.2) is 24.9 Å². The Kier molecular flexibility index (Phi) is 4.72. The Morgan fingerprint density at radius 3 is 2.55 bits per heavy atom. The Morgan fingerprint density at radius 2 is 1.77 bits per heavy atom. The van der Waals surface area contributed by atoms with Gasteiger partial charge in [-0.05, 0) is 24.6 Å². The average Bonchev–Trinajstić information content (AvgIpc) is 3.28. The standard InChI is InChI=1S/C23H19N7O/c1-14-28-20(21-23(29-14)27-13-26-21)18-10-16(15-6-4-3-5-7-15)11-25-22(18)30-17-8-9-19(31-2)24-12-17/h3-13H,1-2H3,(H,25,30)(H,26,27,28,29). The number of rotatable bonds is 5. The maximum atomic E-state index is 5.15. The number of pyridine rings is 2. The molecular weight excluding hydrogens is 390 g/mol. The predicted molar refractivity (Wildman–Crippen MR) is 119 cm³/mol. The van der Waals surface area contributed by atoms with E-state index in [9.17, 15) is 0 Å². The molecule has 0 fully saturated rings. The van der Waals surface area contributed by atoms with Crippen LogP contribution in [0, 0.1) is 6.92 Å². The van der Waals surface area contributed by atoms with Gasteiger partial charge in [0.05, 0.1) is 25.3 Å². The van der Waals surface area contributed by atoms with Crippen molar-refractivity contribution in [3.8, 4) is 28.3 Å². The van der Waals surface area contributed by atoms with E-state index in [1.165, 1.54) is 0 Å². The number of methoxy groups -OCH3 is 1. The second-order valence-corrected chi connectivity index (χ2v) is 6.92. The van der Waals surface area contributed by atoms with Gasteiger partial charge in [0.2, 0.25) is 5.88 Å². The van der Waals surface area contributed by atoms with Gasteiger partial charge in [-0.15, -0.1) is 0 Å². The zero-order chi connectivity index (χ0) is 21.2. The molecule has 0 spiro atoms. The van der Waals surface area contributed by atoms with Crippen LogP contribution in [0.5, 0.6) is 5.88 Å². The molecule has 0 bridgehead atoms. The van der Waals surface area contributed by atoms with Crippen LogP contribution in [0.15, 0.2) is 67.3 Å². The topological polar surface area (TPSA) is 101 Å². The van der Waals surface area contributed by atoms with Gasteiger partial charge in [-0.1, -0.05) is 30.3 Å². The van der Waals surface area contributed by atoms with Gasteiger partial charge in [0.1, 0.15) is 22.9 Å². The Hall–Kier alpha value is -4.33. The van der Waals surface area contributed by atoms with Crippen molar-refractivity contribution < 1.29 is 4.74 Å². The highest BCUT2D eigenvalue weighted by atomic mass is 16.5. The van der Waals surface area contributed by atoms with Crippen LogP contribution in [0.1, 0.15) is 5.82 Å². The summed E-state index contributed by atoms with van der Waals surface area (Å²) in [6.45, 7) is 1.85. The molecule has 152 valence electrons. The van der Waals surface area contributed by atoms with Gasteiger partial charge < -0.3 is 15.0 Å².